The Morgan fingerprint density at radius 3 is 2.94 bits per heavy atom. The van der Waals surface area contributed by atoms with Crippen molar-refractivity contribution in [2.75, 3.05) is 32.0 Å². The van der Waals surface area contributed by atoms with Crippen LogP contribution in [0.2, 0.25) is 0 Å². The van der Waals surface area contributed by atoms with E-state index in [-0.39, 0.29) is 0 Å². The molecule has 1 aromatic rings. The molecule has 0 saturated carbocycles. The van der Waals surface area contributed by atoms with Crippen molar-refractivity contribution in [3.05, 3.63) is 28.2 Å². The molecule has 1 aliphatic rings. The Balaban J connectivity index is 1.94. The standard InChI is InChI=1S/C13H17BrN2O2/c1-16-5-4-9(8-16)7-15-10-2-3-11(13(17)18)12(14)6-10/h2-3,6,9,15H,4-5,7-8H2,1H3,(H,17,18). The van der Waals surface area contributed by atoms with E-state index in [2.05, 4.69) is 33.2 Å². The number of benzene rings is 1. The van der Waals surface area contributed by atoms with Gasteiger partial charge in [-0.3, -0.25) is 0 Å². The third-order valence-electron chi connectivity index (χ3n) is 3.28. The average molecular weight is 313 g/mol. The minimum Gasteiger partial charge on any atom is -0.478 e. The van der Waals surface area contributed by atoms with Crippen molar-refractivity contribution in [1.82, 2.24) is 4.90 Å². The molecule has 1 aromatic carbocycles. The Morgan fingerprint density at radius 2 is 2.39 bits per heavy atom. The van der Waals surface area contributed by atoms with Crippen LogP contribution in [-0.2, 0) is 0 Å². The van der Waals surface area contributed by atoms with Crippen LogP contribution >= 0.6 is 15.9 Å². The van der Waals surface area contributed by atoms with E-state index < -0.39 is 5.97 Å². The van der Waals surface area contributed by atoms with Gasteiger partial charge in [0, 0.05) is 23.2 Å². The number of hydrogen-bond donors (Lipinski definition) is 2. The molecule has 1 unspecified atom stereocenters. The first kappa shape index (κ1) is 13.4. The largest absolute Gasteiger partial charge is 0.478 e. The summed E-state index contributed by atoms with van der Waals surface area (Å²) in [6, 6.07) is 5.25. The van der Waals surface area contributed by atoms with E-state index in [0.717, 1.165) is 25.3 Å². The van der Waals surface area contributed by atoms with E-state index in [1.54, 1.807) is 6.07 Å². The van der Waals surface area contributed by atoms with Crippen LogP contribution in [0.5, 0.6) is 0 Å². The van der Waals surface area contributed by atoms with Crippen LogP contribution in [0.1, 0.15) is 16.8 Å². The molecule has 1 heterocycles. The number of halogens is 1. The Kier molecular flexibility index (Phi) is 4.24. The minimum atomic E-state index is -0.911. The van der Waals surface area contributed by atoms with Crippen LogP contribution in [0.25, 0.3) is 0 Å². The summed E-state index contributed by atoms with van der Waals surface area (Å²) in [5.41, 5.74) is 1.25. The van der Waals surface area contributed by atoms with Gasteiger partial charge in [0.15, 0.2) is 0 Å². The molecule has 0 spiro atoms. The zero-order valence-corrected chi connectivity index (χ0v) is 11.9. The molecule has 4 nitrogen and oxygen atoms in total. The van der Waals surface area contributed by atoms with Crippen molar-refractivity contribution in [2.45, 2.75) is 6.42 Å². The molecule has 0 bridgehead atoms. The molecule has 18 heavy (non-hydrogen) atoms. The second-order valence-corrected chi connectivity index (χ2v) is 5.65. The topological polar surface area (TPSA) is 52.6 Å². The van der Waals surface area contributed by atoms with E-state index in [1.165, 1.54) is 6.42 Å². The van der Waals surface area contributed by atoms with Crippen molar-refractivity contribution in [3.63, 3.8) is 0 Å². The summed E-state index contributed by atoms with van der Waals surface area (Å²) in [7, 11) is 2.14. The predicted molar refractivity (Wildman–Crippen MR) is 75.2 cm³/mol. The summed E-state index contributed by atoms with van der Waals surface area (Å²) >= 11 is 3.28. The van der Waals surface area contributed by atoms with Gasteiger partial charge >= 0.3 is 5.97 Å². The zero-order valence-electron chi connectivity index (χ0n) is 10.3. The fraction of sp³-hybridized carbons (Fsp3) is 0.462. The Hall–Kier alpha value is -1.07. The molecule has 5 heteroatoms. The molecule has 0 amide bonds. The van der Waals surface area contributed by atoms with Gasteiger partial charge in [0.25, 0.3) is 0 Å². The number of anilines is 1. The summed E-state index contributed by atoms with van der Waals surface area (Å²) in [4.78, 5) is 13.2. The lowest BCUT2D eigenvalue weighted by atomic mass is 10.1. The first-order valence-corrected chi connectivity index (χ1v) is 6.81. The number of aromatic carboxylic acids is 1. The van der Waals surface area contributed by atoms with Crippen LogP contribution in [0.4, 0.5) is 5.69 Å². The second kappa shape index (κ2) is 5.71. The number of nitrogens with one attached hydrogen (secondary N) is 1. The molecule has 1 atom stereocenters. The van der Waals surface area contributed by atoms with Gasteiger partial charge in [0.1, 0.15) is 0 Å². The van der Waals surface area contributed by atoms with Gasteiger partial charge in [-0.1, -0.05) is 0 Å². The molecule has 1 saturated heterocycles. The van der Waals surface area contributed by atoms with Crippen molar-refractivity contribution in [3.8, 4) is 0 Å². The van der Waals surface area contributed by atoms with E-state index >= 15 is 0 Å². The first-order chi connectivity index (χ1) is 8.56. The molecule has 1 aliphatic heterocycles. The van der Waals surface area contributed by atoms with Crippen LogP contribution < -0.4 is 5.32 Å². The summed E-state index contributed by atoms with van der Waals surface area (Å²) in [5.74, 6) is -0.237. The second-order valence-electron chi connectivity index (χ2n) is 4.80. The summed E-state index contributed by atoms with van der Waals surface area (Å²) in [5, 5.41) is 12.3. The van der Waals surface area contributed by atoms with Crippen molar-refractivity contribution in [1.29, 1.82) is 0 Å². The molecular formula is C13H17BrN2O2. The van der Waals surface area contributed by atoms with Crippen molar-refractivity contribution >= 4 is 27.6 Å². The van der Waals surface area contributed by atoms with Gasteiger partial charge in [-0.05, 0) is 60.1 Å². The van der Waals surface area contributed by atoms with Crippen LogP contribution in [0.3, 0.4) is 0 Å². The highest BCUT2D eigenvalue weighted by Crippen LogP contribution is 2.22. The molecular weight excluding hydrogens is 296 g/mol. The van der Waals surface area contributed by atoms with Gasteiger partial charge in [-0.15, -0.1) is 0 Å². The smallest absolute Gasteiger partial charge is 0.336 e. The van der Waals surface area contributed by atoms with Gasteiger partial charge in [-0.2, -0.15) is 0 Å². The number of carboxylic acid groups (broad SMARTS) is 1. The average Bonchev–Trinajstić information content (AvgIpc) is 2.72. The minimum absolute atomic E-state index is 0.293. The van der Waals surface area contributed by atoms with E-state index in [0.29, 0.717) is 16.0 Å². The van der Waals surface area contributed by atoms with E-state index in [4.69, 9.17) is 5.11 Å². The predicted octanol–water partition coefficient (Wildman–Crippen LogP) is 2.51. The summed E-state index contributed by atoms with van der Waals surface area (Å²) in [6.07, 6.45) is 1.22. The summed E-state index contributed by atoms with van der Waals surface area (Å²) < 4.78 is 0.614. The normalized spacial score (nSPS) is 20.0. The molecule has 1 fully saturated rings. The number of nitrogens with zero attached hydrogens (tertiary/aromatic N) is 1. The third-order valence-corrected chi connectivity index (χ3v) is 3.94. The van der Waals surface area contributed by atoms with E-state index in [9.17, 15) is 4.79 Å². The highest BCUT2D eigenvalue weighted by molar-refractivity contribution is 9.10. The van der Waals surface area contributed by atoms with Crippen LogP contribution in [0, 0.1) is 5.92 Å². The molecule has 0 aliphatic carbocycles. The third kappa shape index (κ3) is 3.23. The number of rotatable bonds is 4. The molecule has 0 radical (unpaired) electrons. The summed E-state index contributed by atoms with van der Waals surface area (Å²) in [6.45, 7) is 3.22. The Labute approximate surface area is 115 Å². The Morgan fingerprint density at radius 1 is 1.61 bits per heavy atom. The highest BCUT2D eigenvalue weighted by Gasteiger charge is 2.19. The quantitative estimate of drug-likeness (QED) is 0.897. The molecule has 2 rings (SSSR count). The van der Waals surface area contributed by atoms with Gasteiger partial charge in [-0.25, -0.2) is 4.79 Å². The Bertz CT molecular complexity index is 451. The van der Waals surface area contributed by atoms with Crippen LogP contribution in [-0.4, -0.2) is 42.7 Å². The first-order valence-electron chi connectivity index (χ1n) is 6.01. The molecule has 98 valence electrons. The number of carboxylic acids is 1. The van der Waals surface area contributed by atoms with E-state index in [1.807, 2.05) is 12.1 Å². The zero-order chi connectivity index (χ0) is 13.1. The van der Waals surface area contributed by atoms with Gasteiger partial charge < -0.3 is 15.3 Å². The number of likely N-dealkylation sites (tertiary alicyclic amines) is 1. The lowest BCUT2D eigenvalue weighted by Crippen LogP contribution is -2.19. The molecule has 2 N–H and O–H groups in total. The van der Waals surface area contributed by atoms with Gasteiger partial charge in [0.2, 0.25) is 0 Å². The maximum absolute atomic E-state index is 10.9. The van der Waals surface area contributed by atoms with Gasteiger partial charge in [0.05, 0.1) is 5.56 Å². The maximum Gasteiger partial charge on any atom is 0.336 e. The maximum atomic E-state index is 10.9. The van der Waals surface area contributed by atoms with Crippen molar-refractivity contribution in [2.24, 2.45) is 5.92 Å². The highest BCUT2D eigenvalue weighted by atomic mass is 79.9. The number of carbonyl (C=O) groups is 1. The lowest BCUT2D eigenvalue weighted by molar-refractivity contribution is 0.0696. The number of hydrogen-bond acceptors (Lipinski definition) is 3. The van der Waals surface area contributed by atoms with Crippen molar-refractivity contribution < 1.29 is 9.90 Å². The fourth-order valence-corrected chi connectivity index (χ4v) is 2.80. The SMILES string of the molecule is CN1CCC(CNc2ccc(C(=O)O)c(Br)c2)C1. The molecule has 0 aromatic heterocycles. The fourth-order valence-electron chi connectivity index (χ4n) is 2.25. The van der Waals surface area contributed by atoms with Crippen LogP contribution in [0.15, 0.2) is 22.7 Å². The lowest BCUT2D eigenvalue weighted by Gasteiger charge is -2.13. The monoisotopic (exact) mass is 312 g/mol.